The molecule has 0 spiro atoms. The number of benzene rings is 2. The number of guanidine groups is 1. The highest BCUT2D eigenvalue weighted by Crippen LogP contribution is 2.34. The predicted octanol–water partition coefficient (Wildman–Crippen LogP) is 2.26. The second kappa shape index (κ2) is 7.27. The maximum atomic E-state index is 12.3. The molecule has 1 atom stereocenters. The van der Waals surface area contributed by atoms with Crippen LogP contribution in [0.15, 0.2) is 64.5 Å². The van der Waals surface area contributed by atoms with Crippen molar-refractivity contribution in [3.05, 3.63) is 65.7 Å². The van der Waals surface area contributed by atoms with Gasteiger partial charge in [-0.1, -0.05) is 48.5 Å². The Kier molecular flexibility index (Phi) is 5.08. The Morgan fingerprint density at radius 1 is 1.12 bits per heavy atom. The van der Waals surface area contributed by atoms with Crippen molar-refractivity contribution in [2.75, 3.05) is 26.4 Å². The molecule has 132 valence electrons. The van der Waals surface area contributed by atoms with E-state index in [9.17, 15) is 8.42 Å². The molecule has 1 aliphatic heterocycles. The Bertz CT molecular complexity index is 861. The summed E-state index contributed by atoms with van der Waals surface area (Å²) in [6.45, 7) is 1.13. The highest BCUT2D eigenvalue weighted by atomic mass is 32.2. The lowest BCUT2D eigenvalue weighted by Crippen LogP contribution is -2.39. The van der Waals surface area contributed by atoms with Crippen LogP contribution in [0.2, 0.25) is 0 Å². The van der Waals surface area contributed by atoms with E-state index in [0.717, 1.165) is 17.1 Å². The molecule has 2 aromatic rings. The monoisotopic (exact) mass is 357 g/mol. The summed E-state index contributed by atoms with van der Waals surface area (Å²) in [4.78, 5) is 7.01. The van der Waals surface area contributed by atoms with Crippen LogP contribution in [0, 0.1) is 0 Å². The van der Waals surface area contributed by atoms with E-state index in [1.165, 1.54) is 0 Å². The quantitative estimate of drug-likeness (QED) is 0.673. The minimum atomic E-state index is -3.17. The molecule has 1 aliphatic rings. The first kappa shape index (κ1) is 17.5. The van der Waals surface area contributed by atoms with Crippen LogP contribution < -0.4 is 5.32 Å². The Morgan fingerprint density at radius 3 is 2.52 bits per heavy atom. The molecule has 6 heteroatoms. The summed E-state index contributed by atoms with van der Waals surface area (Å²) in [7, 11) is 0.682. The largest absolute Gasteiger partial charge is 0.356 e. The van der Waals surface area contributed by atoms with Crippen LogP contribution in [0.5, 0.6) is 0 Å². The number of nitrogens with one attached hydrogen (secondary N) is 1. The van der Waals surface area contributed by atoms with E-state index in [0.29, 0.717) is 18.0 Å². The number of sulfone groups is 1. The number of hydrogen-bond donors (Lipinski definition) is 1. The van der Waals surface area contributed by atoms with Crippen molar-refractivity contribution in [3.8, 4) is 0 Å². The molecule has 0 saturated carbocycles. The molecular weight excluding hydrogens is 334 g/mol. The molecule has 0 bridgehead atoms. The molecule has 25 heavy (non-hydrogen) atoms. The van der Waals surface area contributed by atoms with Crippen LogP contribution in [-0.4, -0.2) is 45.7 Å². The first-order chi connectivity index (χ1) is 12.0. The second-order valence-electron chi connectivity index (χ2n) is 6.42. The van der Waals surface area contributed by atoms with Gasteiger partial charge in [0, 0.05) is 26.6 Å². The van der Waals surface area contributed by atoms with Crippen molar-refractivity contribution in [2.45, 2.75) is 17.4 Å². The Balaban J connectivity index is 1.71. The average Bonchev–Trinajstić information content (AvgIpc) is 2.87. The van der Waals surface area contributed by atoms with Gasteiger partial charge in [0.05, 0.1) is 17.2 Å². The summed E-state index contributed by atoms with van der Waals surface area (Å²) in [6, 6.07) is 17.3. The lowest BCUT2D eigenvalue weighted by Gasteiger charge is -2.20. The molecule has 5 nitrogen and oxygen atoms in total. The fourth-order valence-electron chi connectivity index (χ4n) is 3.03. The van der Waals surface area contributed by atoms with Crippen molar-refractivity contribution in [1.82, 2.24) is 10.2 Å². The SMILES string of the molecule is CN(C)C(=NCc1ccccc1)NCC1CS(=O)(=O)c2ccccc21. The van der Waals surface area contributed by atoms with Gasteiger partial charge in [-0.15, -0.1) is 0 Å². The van der Waals surface area contributed by atoms with E-state index < -0.39 is 9.84 Å². The zero-order valence-corrected chi connectivity index (χ0v) is 15.3. The molecule has 0 amide bonds. The molecule has 0 radical (unpaired) electrons. The zero-order valence-electron chi connectivity index (χ0n) is 14.5. The molecule has 1 N–H and O–H groups in total. The normalized spacial score (nSPS) is 18.6. The van der Waals surface area contributed by atoms with Gasteiger partial charge < -0.3 is 10.2 Å². The molecule has 1 unspecified atom stereocenters. The molecule has 1 heterocycles. The first-order valence-electron chi connectivity index (χ1n) is 8.28. The van der Waals surface area contributed by atoms with E-state index in [1.54, 1.807) is 12.1 Å². The number of fused-ring (bicyclic) bond motifs is 1. The van der Waals surface area contributed by atoms with Gasteiger partial charge in [0.15, 0.2) is 15.8 Å². The highest BCUT2D eigenvalue weighted by molar-refractivity contribution is 7.91. The van der Waals surface area contributed by atoms with Crippen molar-refractivity contribution in [3.63, 3.8) is 0 Å². The summed E-state index contributed by atoms with van der Waals surface area (Å²) in [5, 5.41) is 3.32. The molecule has 0 fully saturated rings. The Hall–Kier alpha value is -2.34. The summed E-state index contributed by atoms with van der Waals surface area (Å²) >= 11 is 0. The van der Waals surface area contributed by atoms with Gasteiger partial charge in [-0.25, -0.2) is 13.4 Å². The van der Waals surface area contributed by atoms with Gasteiger partial charge in [-0.2, -0.15) is 0 Å². The lowest BCUT2D eigenvalue weighted by atomic mass is 10.0. The van der Waals surface area contributed by atoms with Gasteiger partial charge in [-0.3, -0.25) is 0 Å². The van der Waals surface area contributed by atoms with Gasteiger partial charge in [-0.05, 0) is 17.2 Å². The molecule has 0 aromatic heterocycles. The maximum Gasteiger partial charge on any atom is 0.193 e. The van der Waals surface area contributed by atoms with Crippen LogP contribution in [0.1, 0.15) is 17.0 Å². The van der Waals surface area contributed by atoms with Gasteiger partial charge >= 0.3 is 0 Å². The van der Waals surface area contributed by atoms with Gasteiger partial charge in [0.2, 0.25) is 0 Å². The third-order valence-electron chi connectivity index (χ3n) is 4.30. The number of aliphatic imine (C=N–C) groups is 1. The van der Waals surface area contributed by atoms with Crippen LogP contribution in [-0.2, 0) is 16.4 Å². The van der Waals surface area contributed by atoms with Crippen molar-refractivity contribution < 1.29 is 8.42 Å². The third kappa shape index (κ3) is 4.02. The highest BCUT2D eigenvalue weighted by Gasteiger charge is 2.34. The first-order valence-corrected chi connectivity index (χ1v) is 9.94. The number of hydrogen-bond acceptors (Lipinski definition) is 3. The van der Waals surface area contributed by atoms with Crippen LogP contribution in [0.4, 0.5) is 0 Å². The third-order valence-corrected chi connectivity index (χ3v) is 6.18. The van der Waals surface area contributed by atoms with E-state index >= 15 is 0 Å². The molecule has 0 saturated heterocycles. The number of rotatable bonds is 4. The summed E-state index contributed by atoms with van der Waals surface area (Å²) in [5.41, 5.74) is 2.04. The van der Waals surface area contributed by atoms with Gasteiger partial charge in [0.1, 0.15) is 0 Å². The minimum absolute atomic E-state index is 0.0527. The maximum absolute atomic E-state index is 12.3. The van der Waals surface area contributed by atoms with Gasteiger partial charge in [0.25, 0.3) is 0 Å². The van der Waals surface area contributed by atoms with Crippen LogP contribution in [0.25, 0.3) is 0 Å². The lowest BCUT2D eigenvalue weighted by molar-refractivity contribution is 0.566. The zero-order chi connectivity index (χ0) is 17.9. The minimum Gasteiger partial charge on any atom is -0.356 e. The predicted molar refractivity (Wildman–Crippen MR) is 101 cm³/mol. The summed E-state index contributed by atoms with van der Waals surface area (Å²) in [5.74, 6) is 0.854. The smallest absolute Gasteiger partial charge is 0.193 e. The van der Waals surface area contributed by atoms with E-state index in [2.05, 4.69) is 10.3 Å². The Morgan fingerprint density at radius 2 is 1.80 bits per heavy atom. The van der Waals surface area contributed by atoms with Crippen molar-refractivity contribution in [2.24, 2.45) is 4.99 Å². The summed E-state index contributed by atoms with van der Waals surface area (Å²) in [6.07, 6.45) is 0. The Labute approximate surface area is 149 Å². The fraction of sp³-hybridized carbons (Fsp3) is 0.316. The topological polar surface area (TPSA) is 61.8 Å². The van der Waals surface area contributed by atoms with Crippen molar-refractivity contribution in [1.29, 1.82) is 0 Å². The van der Waals surface area contributed by atoms with Crippen LogP contribution >= 0.6 is 0 Å². The summed E-state index contributed by atoms with van der Waals surface area (Å²) < 4.78 is 24.6. The fourth-order valence-corrected chi connectivity index (χ4v) is 4.92. The molecule has 3 rings (SSSR count). The molecule has 2 aromatic carbocycles. The van der Waals surface area contributed by atoms with Crippen LogP contribution in [0.3, 0.4) is 0 Å². The van der Waals surface area contributed by atoms with E-state index in [-0.39, 0.29) is 11.7 Å². The molecule has 0 aliphatic carbocycles. The average molecular weight is 357 g/mol. The second-order valence-corrected chi connectivity index (χ2v) is 8.42. The standard InChI is InChI=1S/C19H23N3O2S/c1-22(2)19(20-12-15-8-4-3-5-9-15)21-13-16-14-25(23,24)18-11-7-6-10-17(16)18/h3-11,16H,12-14H2,1-2H3,(H,20,21). The van der Waals surface area contributed by atoms with Crippen molar-refractivity contribution >= 4 is 15.8 Å². The molecular formula is C19H23N3O2S. The number of nitrogens with zero attached hydrogens (tertiary/aromatic N) is 2. The van der Waals surface area contributed by atoms with E-state index in [1.807, 2.05) is 61.5 Å². The van der Waals surface area contributed by atoms with E-state index in [4.69, 9.17) is 0 Å².